The van der Waals surface area contributed by atoms with Crippen LogP contribution in [0.5, 0.6) is 0 Å². The first-order valence-electron chi connectivity index (χ1n) is 12.8. The number of anilines is 1. The summed E-state index contributed by atoms with van der Waals surface area (Å²) in [5, 5.41) is 16.1. The van der Waals surface area contributed by atoms with E-state index >= 15 is 0 Å². The maximum Gasteiger partial charge on any atom is 0.307 e. The fraction of sp³-hybridized carbons (Fsp3) is 0.167. The van der Waals surface area contributed by atoms with Gasteiger partial charge in [0, 0.05) is 41.1 Å². The maximum atomic E-state index is 13.5. The molecule has 40 heavy (non-hydrogen) atoms. The van der Waals surface area contributed by atoms with E-state index in [2.05, 4.69) is 25.6 Å². The first-order valence-corrected chi connectivity index (χ1v) is 12.8. The van der Waals surface area contributed by atoms with Crippen LogP contribution in [-0.2, 0) is 35.5 Å². The minimum absolute atomic E-state index is 0.136. The van der Waals surface area contributed by atoms with Gasteiger partial charge in [-0.2, -0.15) is 0 Å². The van der Waals surface area contributed by atoms with E-state index in [-0.39, 0.29) is 31.2 Å². The van der Waals surface area contributed by atoms with Gasteiger partial charge in [-0.1, -0.05) is 48.5 Å². The van der Waals surface area contributed by atoms with Crippen LogP contribution in [0.1, 0.15) is 16.8 Å². The summed E-state index contributed by atoms with van der Waals surface area (Å²) in [7, 11) is 0. The number of nitrogens with zero attached hydrogens (tertiary/aromatic N) is 3. The standard InChI is InChI=1S/C30H28N6O4/c37-27(33-17-24-15-23-16-31-11-10-25(23)35-24)19-36-26(22-8-4-7-21(13-22)14-28(38)39)18-34-29(30(36)40)32-12-9-20-5-2-1-3-6-20/h1-8,10-11,13,15-16,18,35H,9,12,14,17,19H2,(H,32,34)(H,33,37)(H,38,39). The van der Waals surface area contributed by atoms with E-state index in [4.69, 9.17) is 0 Å². The van der Waals surface area contributed by atoms with Crippen LogP contribution in [0.25, 0.3) is 22.2 Å². The average molecular weight is 537 g/mol. The smallest absolute Gasteiger partial charge is 0.307 e. The molecular weight excluding hydrogens is 508 g/mol. The highest BCUT2D eigenvalue weighted by Gasteiger charge is 2.16. The van der Waals surface area contributed by atoms with E-state index in [1.54, 1.807) is 36.7 Å². The monoisotopic (exact) mass is 536 g/mol. The third-order valence-electron chi connectivity index (χ3n) is 6.44. The Kier molecular flexibility index (Phi) is 7.96. The second-order valence-electron chi connectivity index (χ2n) is 9.35. The number of benzene rings is 2. The van der Waals surface area contributed by atoms with Gasteiger partial charge in [0.1, 0.15) is 6.54 Å². The predicted molar refractivity (Wildman–Crippen MR) is 152 cm³/mol. The Hall–Kier alpha value is -5.25. The molecule has 0 aliphatic heterocycles. The molecule has 3 aromatic heterocycles. The van der Waals surface area contributed by atoms with Crippen molar-refractivity contribution in [1.29, 1.82) is 0 Å². The van der Waals surface area contributed by atoms with Gasteiger partial charge in [-0.15, -0.1) is 0 Å². The molecule has 2 aromatic carbocycles. The highest BCUT2D eigenvalue weighted by molar-refractivity contribution is 5.80. The number of carboxylic acid groups (broad SMARTS) is 1. The van der Waals surface area contributed by atoms with E-state index < -0.39 is 11.5 Å². The van der Waals surface area contributed by atoms with Gasteiger partial charge in [0.15, 0.2) is 5.82 Å². The molecular formula is C30H28N6O4. The molecule has 0 atom stereocenters. The normalized spacial score (nSPS) is 10.9. The molecule has 0 radical (unpaired) electrons. The Bertz CT molecular complexity index is 1680. The van der Waals surface area contributed by atoms with E-state index in [0.717, 1.165) is 22.2 Å². The van der Waals surface area contributed by atoms with Gasteiger partial charge in [-0.05, 0) is 35.7 Å². The number of hydrogen-bond donors (Lipinski definition) is 4. The quantitative estimate of drug-likeness (QED) is 0.203. The van der Waals surface area contributed by atoms with Crippen LogP contribution in [0, 0.1) is 0 Å². The number of amides is 1. The van der Waals surface area contributed by atoms with Gasteiger partial charge in [0.05, 0.1) is 24.9 Å². The van der Waals surface area contributed by atoms with Crippen LogP contribution in [0.4, 0.5) is 5.82 Å². The van der Waals surface area contributed by atoms with E-state index in [1.807, 2.05) is 42.5 Å². The Balaban J connectivity index is 1.38. The van der Waals surface area contributed by atoms with Crippen molar-refractivity contribution < 1.29 is 14.7 Å². The van der Waals surface area contributed by atoms with Crippen molar-refractivity contribution in [2.75, 3.05) is 11.9 Å². The number of pyridine rings is 1. The van der Waals surface area contributed by atoms with Crippen molar-refractivity contribution in [2.45, 2.75) is 25.9 Å². The van der Waals surface area contributed by atoms with Crippen molar-refractivity contribution in [3.05, 3.63) is 112 Å². The van der Waals surface area contributed by atoms with Crippen LogP contribution in [-0.4, -0.2) is 43.0 Å². The molecule has 0 fully saturated rings. The van der Waals surface area contributed by atoms with Gasteiger partial charge in [-0.3, -0.25) is 23.9 Å². The molecule has 0 spiro atoms. The van der Waals surface area contributed by atoms with Crippen LogP contribution in [0.2, 0.25) is 0 Å². The number of aliphatic carboxylic acids is 1. The Morgan fingerprint density at radius 2 is 1.80 bits per heavy atom. The van der Waals surface area contributed by atoms with E-state index in [1.165, 1.54) is 10.8 Å². The number of carbonyl (C=O) groups excluding carboxylic acids is 1. The van der Waals surface area contributed by atoms with Gasteiger partial charge in [0.2, 0.25) is 5.91 Å². The predicted octanol–water partition coefficient (Wildman–Crippen LogP) is 3.38. The molecule has 0 unspecified atom stereocenters. The van der Waals surface area contributed by atoms with Crippen LogP contribution in [0.15, 0.2) is 90.1 Å². The average Bonchev–Trinajstić information content (AvgIpc) is 3.37. The fourth-order valence-electron chi connectivity index (χ4n) is 4.50. The minimum Gasteiger partial charge on any atom is -0.481 e. The molecule has 0 bridgehead atoms. The summed E-state index contributed by atoms with van der Waals surface area (Å²) in [6.45, 7) is 0.495. The lowest BCUT2D eigenvalue weighted by atomic mass is 10.1. The Morgan fingerprint density at radius 1 is 0.975 bits per heavy atom. The third-order valence-corrected chi connectivity index (χ3v) is 6.44. The van der Waals surface area contributed by atoms with Gasteiger partial charge in [0.25, 0.3) is 5.56 Å². The zero-order chi connectivity index (χ0) is 27.9. The number of nitrogens with one attached hydrogen (secondary N) is 3. The van der Waals surface area contributed by atoms with Crippen LogP contribution in [0.3, 0.4) is 0 Å². The summed E-state index contributed by atoms with van der Waals surface area (Å²) < 4.78 is 1.36. The maximum absolute atomic E-state index is 13.5. The highest BCUT2D eigenvalue weighted by atomic mass is 16.4. The number of aromatic nitrogens is 4. The third kappa shape index (κ3) is 6.41. The lowest BCUT2D eigenvalue weighted by molar-refractivity contribution is -0.136. The minimum atomic E-state index is -0.960. The van der Waals surface area contributed by atoms with Crippen molar-refractivity contribution >= 4 is 28.6 Å². The van der Waals surface area contributed by atoms with Crippen molar-refractivity contribution in [3.63, 3.8) is 0 Å². The molecule has 5 rings (SSSR count). The molecule has 3 heterocycles. The second-order valence-corrected chi connectivity index (χ2v) is 9.35. The number of H-pyrrole nitrogens is 1. The molecule has 1 amide bonds. The molecule has 4 N–H and O–H groups in total. The SMILES string of the molecule is O=C(O)Cc1cccc(-c2cnc(NCCc3ccccc3)c(=O)n2CC(=O)NCc2cc3cnccc3[nH]2)c1. The number of hydrogen-bond acceptors (Lipinski definition) is 6. The molecule has 0 saturated heterocycles. The number of fused-ring (bicyclic) bond motifs is 1. The number of carboxylic acids is 1. The lowest BCUT2D eigenvalue weighted by Crippen LogP contribution is -2.34. The number of aromatic amines is 1. The molecule has 10 nitrogen and oxygen atoms in total. The van der Waals surface area contributed by atoms with Gasteiger partial charge < -0.3 is 20.7 Å². The summed E-state index contributed by atoms with van der Waals surface area (Å²) in [5.74, 6) is -1.18. The van der Waals surface area contributed by atoms with Crippen molar-refractivity contribution in [2.24, 2.45) is 0 Å². The zero-order valence-electron chi connectivity index (χ0n) is 21.6. The zero-order valence-corrected chi connectivity index (χ0v) is 21.6. The largest absolute Gasteiger partial charge is 0.481 e. The lowest BCUT2D eigenvalue weighted by Gasteiger charge is -2.15. The summed E-state index contributed by atoms with van der Waals surface area (Å²) in [6, 6.07) is 20.5. The second kappa shape index (κ2) is 12.1. The topological polar surface area (TPSA) is 142 Å². The molecule has 5 aromatic rings. The van der Waals surface area contributed by atoms with Crippen LogP contribution < -0.4 is 16.2 Å². The molecule has 202 valence electrons. The summed E-state index contributed by atoms with van der Waals surface area (Å²) in [4.78, 5) is 49.5. The van der Waals surface area contributed by atoms with Crippen molar-refractivity contribution in [1.82, 2.24) is 24.8 Å². The summed E-state index contributed by atoms with van der Waals surface area (Å²) in [6.07, 6.45) is 5.50. The highest BCUT2D eigenvalue weighted by Crippen LogP contribution is 2.20. The fourth-order valence-corrected chi connectivity index (χ4v) is 4.50. The molecule has 0 aliphatic rings. The summed E-state index contributed by atoms with van der Waals surface area (Å²) in [5.41, 5.74) is 3.98. The Morgan fingerprint density at radius 3 is 2.60 bits per heavy atom. The molecule has 0 aliphatic carbocycles. The van der Waals surface area contributed by atoms with Crippen molar-refractivity contribution in [3.8, 4) is 11.3 Å². The molecule has 0 saturated carbocycles. The number of rotatable bonds is 11. The Labute approximate surface area is 229 Å². The summed E-state index contributed by atoms with van der Waals surface area (Å²) >= 11 is 0. The number of carbonyl (C=O) groups is 2. The van der Waals surface area contributed by atoms with E-state index in [9.17, 15) is 19.5 Å². The van der Waals surface area contributed by atoms with E-state index in [0.29, 0.717) is 29.8 Å². The first kappa shape index (κ1) is 26.4. The molecule has 10 heteroatoms. The van der Waals surface area contributed by atoms with Crippen LogP contribution >= 0.6 is 0 Å². The van der Waals surface area contributed by atoms with Gasteiger partial charge in [-0.25, -0.2) is 4.98 Å². The first-order chi connectivity index (χ1) is 19.5. The van der Waals surface area contributed by atoms with Gasteiger partial charge >= 0.3 is 5.97 Å².